The molecule has 5 rings (SSSR count). The van der Waals surface area contributed by atoms with Gasteiger partial charge in [0.2, 0.25) is 0 Å². The van der Waals surface area contributed by atoms with E-state index in [4.69, 9.17) is 9.47 Å². The Morgan fingerprint density at radius 2 is 1.60 bits per heavy atom. The van der Waals surface area contributed by atoms with E-state index >= 15 is 0 Å². The Kier molecular flexibility index (Phi) is 9.56. The average Bonchev–Trinajstić information content (AvgIpc) is 3.33. The standard InChI is InChI=1S/C36H62O9/c1-19(2)10-9-13-36(8,43)20-11-15-34(6)26(20)21(38)16-24-33(5)14-12-25(39)32(3,4)30(33)22(17-35(24,34)7)44-31-29(42)28(41)27(40)23(18-37)45-31/h10,20-31,37-43H,9,11-18H2,1-8H3/t20-,21+,22-,23-,24-,25-,26+,27-,28+,29-,30-,31-,33-,34+,35-,36-/m1/s1. The van der Waals surface area contributed by atoms with Gasteiger partial charge in [-0.1, -0.05) is 46.3 Å². The van der Waals surface area contributed by atoms with Crippen LogP contribution in [0.4, 0.5) is 0 Å². The van der Waals surface area contributed by atoms with E-state index < -0.39 is 66.6 Å². The van der Waals surface area contributed by atoms with Crippen LogP contribution in [0.25, 0.3) is 0 Å². The van der Waals surface area contributed by atoms with Gasteiger partial charge in [-0.3, -0.25) is 0 Å². The van der Waals surface area contributed by atoms with Crippen molar-refractivity contribution in [2.45, 2.75) is 161 Å². The van der Waals surface area contributed by atoms with Crippen LogP contribution < -0.4 is 0 Å². The summed E-state index contributed by atoms with van der Waals surface area (Å²) in [6, 6.07) is 0. The Morgan fingerprint density at radius 3 is 2.22 bits per heavy atom. The minimum absolute atomic E-state index is 0.0548. The Hall–Kier alpha value is -0.620. The van der Waals surface area contributed by atoms with E-state index in [9.17, 15) is 35.7 Å². The Morgan fingerprint density at radius 1 is 0.933 bits per heavy atom. The lowest BCUT2D eigenvalue weighted by molar-refractivity contribution is -0.346. The van der Waals surface area contributed by atoms with E-state index in [0.29, 0.717) is 25.7 Å². The van der Waals surface area contributed by atoms with Gasteiger partial charge in [0.05, 0.1) is 30.5 Å². The van der Waals surface area contributed by atoms with Crippen LogP contribution in [0, 0.1) is 45.3 Å². The Labute approximate surface area is 270 Å². The third kappa shape index (κ3) is 5.48. The van der Waals surface area contributed by atoms with Crippen molar-refractivity contribution in [3.63, 3.8) is 0 Å². The summed E-state index contributed by atoms with van der Waals surface area (Å²) in [7, 11) is 0. The molecule has 0 aromatic heterocycles. The van der Waals surface area contributed by atoms with E-state index in [1.807, 2.05) is 6.92 Å². The molecule has 9 heteroatoms. The number of hydrogen-bond donors (Lipinski definition) is 7. The molecule has 0 unspecified atom stereocenters. The molecule has 5 aliphatic rings. The molecule has 0 bridgehead atoms. The average molecular weight is 639 g/mol. The van der Waals surface area contributed by atoms with E-state index in [0.717, 1.165) is 25.7 Å². The van der Waals surface area contributed by atoms with E-state index in [2.05, 4.69) is 54.5 Å². The maximum atomic E-state index is 12.1. The molecule has 260 valence electrons. The Bertz CT molecular complexity index is 1100. The number of rotatable bonds is 7. The van der Waals surface area contributed by atoms with Crippen LogP contribution >= 0.6 is 0 Å². The first kappa shape index (κ1) is 35.7. The van der Waals surface area contributed by atoms with Crippen molar-refractivity contribution in [3.8, 4) is 0 Å². The zero-order chi connectivity index (χ0) is 33.5. The van der Waals surface area contributed by atoms with Crippen molar-refractivity contribution in [3.05, 3.63) is 11.6 Å². The summed E-state index contributed by atoms with van der Waals surface area (Å²) in [5.41, 5.74) is -1.21. The molecule has 45 heavy (non-hydrogen) atoms. The monoisotopic (exact) mass is 638 g/mol. The minimum Gasteiger partial charge on any atom is -0.394 e. The molecule has 0 amide bonds. The van der Waals surface area contributed by atoms with Crippen LogP contribution in [0.15, 0.2) is 11.6 Å². The highest BCUT2D eigenvalue weighted by molar-refractivity contribution is 5.22. The van der Waals surface area contributed by atoms with Crippen LogP contribution in [0.3, 0.4) is 0 Å². The summed E-state index contributed by atoms with van der Waals surface area (Å²) in [6.45, 7) is 16.6. The van der Waals surface area contributed by atoms with E-state index in [-0.39, 0.29) is 39.9 Å². The molecule has 0 aromatic carbocycles. The second kappa shape index (κ2) is 12.1. The molecule has 1 heterocycles. The highest BCUT2D eigenvalue weighted by atomic mass is 16.7. The van der Waals surface area contributed by atoms with Gasteiger partial charge < -0.3 is 45.2 Å². The van der Waals surface area contributed by atoms with Crippen molar-refractivity contribution >= 4 is 0 Å². The van der Waals surface area contributed by atoms with Crippen LogP contribution in [-0.4, -0.2) is 97.0 Å². The molecule has 4 aliphatic carbocycles. The first-order valence-electron chi connectivity index (χ1n) is 17.4. The quantitative estimate of drug-likeness (QED) is 0.164. The second-order valence-corrected chi connectivity index (χ2v) is 17.5. The zero-order valence-corrected chi connectivity index (χ0v) is 28.8. The van der Waals surface area contributed by atoms with Crippen LogP contribution in [0.5, 0.6) is 0 Å². The topological polar surface area (TPSA) is 160 Å². The van der Waals surface area contributed by atoms with Crippen LogP contribution in [0.2, 0.25) is 0 Å². The van der Waals surface area contributed by atoms with Gasteiger partial charge in [0, 0.05) is 0 Å². The molecule has 1 aliphatic heterocycles. The molecule has 0 spiro atoms. The number of fused-ring (bicyclic) bond motifs is 5. The largest absolute Gasteiger partial charge is 0.394 e. The van der Waals surface area contributed by atoms with Gasteiger partial charge in [0.25, 0.3) is 0 Å². The fourth-order valence-corrected chi connectivity index (χ4v) is 11.9. The first-order valence-corrected chi connectivity index (χ1v) is 17.4. The predicted molar refractivity (Wildman–Crippen MR) is 170 cm³/mol. The number of aliphatic hydroxyl groups excluding tert-OH is 6. The molecule has 9 nitrogen and oxygen atoms in total. The number of allylic oxidation sites excluding steroid dienone is 2. The maximum Gasteiger partial charge on any atom is 0.186 e. The van der Waals surface area contributed by atoms with Gasteiger partial charge in [-0.05, 0) is 117 Å². The third-order valence-electron chi connectivity index (χ3n) is 14.4. The normalized spacial score (nSPS) is 52.2. The van der Waals surface area contributed by atoms with Gasteiger partial charge in [0.15, 0.2) is 6.29 Å². The van der Waals surface area contributed by atoms with Crippen molar-refractivity contribution < 1.29 is 45.2 Å². The lowest BCUT2D eigenvalue weighted by Crippen LogP contribution is -2.71. The summed E-state index contributed by atoms with van der Waals surface area (Å²) < 4.78 is 12.6. The zero-order valence-electron chi connectivity index (χ0n) is 28.8. The van der Waals surface area contributed by atoms with Gasteiger partial charge >= 0.3 is 0 Å². The summed E-state index contributed by atoms with van der Waals surface area (Å²) in [5.74, 6) is -0.186. The maximum absolute atomic E-state index is 12.1. The molecule has 4 saturated carbocycles. The Balaban J connectivity index is 1.54. The number of aliphatic hydroxyl groups is 7. The molecule has 1 saturated heterocycles. The predicted octanol–water partition coefficient (Wildman–Crippen LogP) is 3.30. The minimum atomic E-state index is -1.54. The lowest BCUT2D eigenvalue weighted by Gasteiger charge is -2.72. The smallest absolute Gasteiger partial charge is 0.186 e. The molecule has 7 N–H and O–H groups in total. The van der Waals surface area contributed by atoms with E-state index in [1.165, 1.54) is 5.57 Å². The molecular formula is C36H62O9. The highest BCUT2D eigenvalue weighted by Gasteiger charge is 2.73. The third-order valence-corrected chi connectivity index (χ3v) is 14.4. The fraction of sp³-hybridized carbons (Fsp3) is 0.944. The molecule has 5 fully saturated rings. The van der Waals surface area contributed by atoms with Gasteiger partial charge in [0.1, 0.15) is 24.4 Å². The van der Waals surface area contributed by atoms with Crippen LogP contribution in [0.1, 0.15) is 107 Å². The first-order chi connectivity index (χ1) is 20.8. The highest BCUT2D eigenvalue weighted by Crippen LogP contribution is 2.76. The van der Waals surface area contributed by atoms with Gasteiger partial charge in [-0.2, -0.15) is 0 Å². The van der Waals surface area contributed by atoms with Gasteiger partial charge in [-0.15, -0.1) is 0 Å². The van der Waals surface area contributed by atoms with Crippen molar-refractivity contribution in [2.75, 3.05) is 6.61 Å². The lowest BCUT2D eigenvalue weighted by atomic mass is 9.34. The summed E-state index contributed by atoms with van der Waals surface area (Å²) >= 11 is 0. The van der Waals surface area contributed by atoms with Crippen molar-refractivity contribution in [2.24, 2.45) is 45.3 Å². The fourth-order valence-electron chi connectivity index (χ4n) is 11.9. The summed E-state index contributed by atoms with van der Waals surface area (Å²) in [4.78, 5) is 0. The van der Waals surface area contributed by atoms with E-state index in [1.54, 1.807) is 0 Å². The number of ether oxygens (including phenoxy) is 2. The van der Waals surface area contributed by atoms with Crippen LogP contribution in [-0.2, 0) is 9.47 Å². The molecule has 0 radical (unpaired) electrons. The summed E-state index contributed by atoms with van der Waals surface area (Å²) in [6.07, 6.45) is -0.603. The second-order valence-electron chi connectivity index (χ2n) is 17.5. The SMILES string of the molecule is CC(C)=CCC[C@@](C)(O)[C@@H]1CC[C@@]2(C)[C@@H]1[C@@H](O)C[C@@H]1[C@@]3(C)CC[C@@H](O)C(C)(C)[C@H]3[C@H](O[C@@H]3O[C@H](CO)[C@@H](O)[C@H](O)[C@H]3O)C[C@]12C. The molecule has 16 atom stereocenters. The van der Waals surface area contributed by atoms with Crippen molar-refractivity contribution in [1.82, 2.24) is 0 Å². The van der Waals surface area contributed by atoms with Crippen molar-refractivity contribution in [1.29, 1.82) is 0 Å². The number of hydrogen-bond acceptors (Lipinski definition) is 9. The summed E-state index contributed by atoms with van der Waals surface area (Å²) in [5, 5.41) is 77.2. The van der Waals surface area contributed by atoms with Gasteiger partial charge in [-0.25, -0.2) is 0 Å². The molecule has 0 aromatic rings. The molecular weight excluding hydrogens is 576 g/mol.